The Morgan fingerprint density at radius 1 is 1.48 bits per heavy atom. The molecule has 0 aliphatic carbocycles. The van der Waals surface area contributed by atoms with Crippen LogP contribution in [-0.2, 0) is 16.6 Å². The molecule has 0 saturated carbocycles. The molecule has 9 nitrogen and oxygen atoms in total. The summed E-state index contributed by atoms with van der Waals surface area (Å²) in [7, 11) is 1.64. The molecular weight excluding hydrogens is 349 g/mol. The average Bonchev–Trinajstić information content (AvgIpc) is 2.90. The van der Waals surface area contributed by atoms with Gasteiger partial charge in [0.2, 0.25) is 11.1 Å². The molecule has 0 spiro atoms. The minimum atomic E-state index is -1.41. The summed E-state index contributed by atoms with van der Waals surface area (Å²) >= 11 is 1.09. The van der Waals surface area contributed by atoms with Crippen molar-refractivity contribution in [1.29, 1.82) is 0 Å². The molecule has 0 aromatic carbocycles. The molecule has 0 radical (unpaired) electrons. The topological polar surface area (TPSA) is 124 Å². The van der Waals surface area contributed by atoms with E-state index in [1.54, 1.807) is 20.9 Å². The van der Waals surface area contributed by atoms with Crippen molar-refractivity contribution in [3.05, 3.63) is 10.6 Å². The molecule has 3 rings (SSSR count). The van der Waals surface area contributed by atoms with Gasteiger partial charge in [-0.15, -0.1) is 5.10 Å². The van der Waals surface area contributed by atoms with Crippen molar-refractivity contribution in [1.82, 2.24) is 25.1 Å². The molecule has 3 heterocycles. The van der Waals surface area contributed by atoms with Gasteiger partial charge < -0.3 is 19.9 Å². The van der Waals surface area contributed by atoms with Crippen molar-refractivity contribution < 1.29 is 71.2 Å². The second-order valence-corrected chi connectivity index (χ2v) is 6.92. The molecule has 2 aliphatic heterocycles. The molecule has 1 N–H and O–H groups in total. The number of hydrogen-bond acceptors (Lipinski definition) is 8. The molecule has 2 atom stereocenters. The third-order valence-corrected chi connectivity index (χ3v) is 5.00. The van der Waals surface area contributed by atoms with Crippen LogP contribution in [0.3, 0.4) is 0 Å². The SMILES string of the molecule is Cn1nnnc1SC1=C(C(=O)[O-])N2C(=O)[C@@H](C(C)(C)O)[C@H]2C1.[K+]. The van der Waals surface area contributed by atoms with Crippen molar-refractivity contribution in [3.8, 4) is 0 Å². The zero-order valence-electron chi connectivity index (χ0n) is 13.2. The Morgan fingerprint density at radius 2 is 2.13 bits per heavy atom. The molecule has 1 aromatic heterocycles. The van der Waals surface area contributed by atoms with E-state index < -0.39 is 23.4 Å². The number of aliphatic hydroxyl groups is 1. The van der Waals surface area contributed by atoms with E-state index in [4.69, 9.17) is 0 Å². The molecule has 1 aromatic rings. The van der Waals surface area contributed by atoms with Gasteiger partial charge in [-0.25, -0.2) is 4.68 Å². The monoisotopic (exact) mass is 363 g/mol. The van der Waals surface area contributed by atoms with Gasteiger partial charge in [-0.1, -0.05) is 11.8 Å². The smallest absolute Gasteiger partial charge is 0.543 e. The second-order valence-electron chi connectivity index (χ2n) is 5.86. The first-order valence-corrected chi connectivity index (χ1v) is 7.43. The third-order valence-electron chi connectivity index (χ3n) is 3.87. The van der Waals surface area contributed by atoms with Gasteiger partial charge in [-0.3, -0.25) is 4.79 Å². The second kappa shape index (κ2) is 6.54. The largest absolute Gasteiger partial charge is 1.00 e. The van der Waals surface area contributed by atoms with Gasteiger partial charge in [-0.05, 0) is 24.3 Å². The van der Waals surface area contributed by atoms with Crippen LogP contribution in [0.1, 0.15) is 20.3 Å². The predicted molar refractivity (Wildman–Crippen MR) is 71.7 cm³/mol. The number of fused-ring (bicyclic) bond motifs is 1. The summed E-state index contributed by atoms with van der Waals surface area (Å²) in [6, 6.07) is -0.371. The zero-order valence-corrected chi connectivity index (χ0v) is 17.1. The van der Waals surface area contributed by atoms with Crippen LogP contribution in [-0.4, -0.2) is 53.7 Å². The fourth-order valence-corrected chi connectivity index (χ4v) is 3.94. The maximum atomic E-state index is 12.2. The summed E-state index contributed by atoms with van der Waals surface area (Å²) in [5, 5.41) is 32.9. The zero-order chi connectivity index (χ0) is 16.2. The Balaban J connectivity index is 0.00000192. The van der Waals surface area contributed by atoms with E-state index in [0.29, 0.717) is 16.5 Å². The van der Waals surface area contributed by atoms with Crippen LogP contribution in [0.2, 0.25) is 0 Å². The number of β-lactam (4-membered cyclic amide) rings is 1. The number of aromatic nitrogens is 4. The maximum Gasteiger partial charge on any atom is 1.00 e. The van der Waals surface area contributed by atoms with E-state index in [1.807, 2.05) is 0 Å². The summed E-state index contributed by atoms with van der Waals surface area (Å²) in [5.41, 5.74) is -1.36. The Morgan fingerprint density at radius 3 is 2.61 bits per heavy atom. The Bertz CT molecular complexity index is 698. The minimum absolute atomic E-state index is 0. The van der Waals surface area contributed by atoms with Gasteiger partial charge in [0.25, 0.3) is 0 Å². The number of carbonyl (C=O) groups is 2. The fourth-order valence-electron chi connectivity index (χ4n) is 2.94. The van der Waals surface area contributed by atoms with E-state index in [9.17, 15) is 19.8 Å². The van der Waals surface area contributed by atoms with E-state index in [2.05, 4.69) is 15.5 Å². The van der Waals surface area contributed by atoms with Crippen LogP contribution in [0.5, 0.6) is 0 Å². The number of amides is 1. The van der Waals surface area contributed by atoms with Crippen molar-refractivity contribution in [3.63, 3.8) is 0 Å². The Kier molecular flexibility index (Phi) is 5.41. The summed E-state index contributed by atoms with van der Waals surface area (Å²) < 4.78 is 1.41. The number of thioether (sulfide) groups is 1. The van der Waals surface area contributed by atoms with Crippen molar-refractivity contribution in [2.75, 3.05) is 0 Å². The van der Waals surface area contributed by atoms with Crippen LogP contribution in [0, 0.1) is 5.92 Å². The quantitative estimate of drug-likeness (QED) is 0.418. The van der Waals surface area contributed by atoms with E-state index in [-0.39, 0.29) is 63.1 Å². The van der Waals surface area contributed by atoms with Crippen LogP contribution in [0.15, 0.2) is 15.8 Å². The first kappa shape index (κ1) is 19.0. The van der Waals surface area contributed by atoms with Gasteiger partial charge >= 0.3 is 51.4 Å². The van der Waals surface area contributed by atoms with Crippen molar-refractivity contribution in [2.45, 2.75) is 37.1 Å². The van der Waals surface area contributed by atoms with Gasteiger partial charge in [0, 0.05) is 18.4 Å². The molecule has 118 valence electrons. The number of rotatable bonds is 4. The third kappa shape index (κ3) is 3.15. The van der Waals surface area contributed by atoms with Crippen LogP contribution in [0.4, 0.5) is 0 Å². The number of nitrogens with zero attached hydrogens (tertiary/aromatic N) is 5. The summed E-state index contributed by atoms with van der Waals surface area (Å²) in [4.78, 5) is 25.3. The van der Waals surface area contributed by atoms with E-state index in [1.165, 1.54) is 9.58 Å². The van der Waals surface area contributed by atoms with Crippen LogP contribution >= 0.6 is 11.8 Å². The molecule has 0 unspecified atom stereocenters. The van der Waals surface area contributed by atoms with E-state index >= 15 is 0 Å². The number of carboxylic acids is 1. The first-order chi connectivity index (χ1) is 10.2. The summed E-state index contributed by atoms with van der Waals surface area (Å²) in [6.07, 6.45) is 0.335. The number of hydrogen-bond donors (Lipinski definition) is 1. The van der Waals surface area contributed by atoms with Gasteiger partial charge in [0.1, 0.15) is 0 Å². The molecular formula is C12H14KN5O4S. The van der Waals surface area contributed by atoms with Gasteiger partial charge in [0.15, 0.2) is 0 Å². The first-order valence-electron chi connectivity index (χ1n) is 6.62. The predicted octanol–water partition coefficient (Wildman–Crippen LogP) is -4.73. The number of aliphatic carboxylic acids is 1. The Labute approximate surface area is 178 Å². The van der Waals surface area contributed by atoms with Crippen molar-refractivity contribution >= 4 is 23.6 Å². The molecule has 1 fully saturated rings. The number of tetrazole rings is 1. The van der Waals surface area contributed by atoms with Crippen LogP contribution in [0.25, 0.3) is 0 Å². The van der Waals surface area contributed by atoms with Crippen LogP contribution < -0.4 is 56.5 Å². The number of carbonyl (C=O) groups excluding carboxylic acids is 2. The fraction of sp³-hybridized carbons (Fsp3) is 0.583. The number of carboxylic acid groups (broad SMARTS) is 1. The molecule has 23 heavy (non-hydrogen) atoms. The molecule has 1 saturated heterocycles. The standard InChI is InChI=1S/C12H15N5O4S.K/c1-12(2,21)7-5-4-6(22-11-13-14-15-16(11)3)8(10(19)20)17(5)9(7)18;/h5,7,21H,4H2,1-3H3,(H,19,20);/q;+1/p-1/t5-,7+;/m1./s1. The Hall–Kier alpha value is -0.304. The molecule has 11 heteroatoms. The van der Waals surface area contributed by atoms with Gasteiger partial charge in [-0.2, -0.15) is 0 Å². The van der Waals surface area contributed by atoms with E-state index in [0.717, 1.165) is 11.8 Å². The average molecular weight is 363 g/mol. The normalized spacial score (nSPS) is 23.5. The maximum absolute atomic E-state index is 12.2. The molecule has 1 amide bonds. The molecule has 0 bridgehead atoms. The van der Waals surface area contributed by atoms with Crippen molar-refractivity contribution in [2.24, 2.45) is 13.0 Å². The van der Waals surface area contributed by atoms with Gasteiger partial charge in [0.05, 0.1) is 29.2 Å². The number of aryl methyl sites for hydroxylation is 1. The minimum Gasteiger partial charge on any atom is -0.543 e. The summed E-state index contributed by atoms with van der Waals surface area (Å²) in [6.45, 7) is 3.09. The molecule has 2 aliphatic rings. The summed E-state index contributed by atoms with van der Waals surface area (Å²) in [5.74, 6) is -2.44.